The highest BCUT2D eigenvalue weighted by Gasteiger charge is 2.04. The van der Waals surface area contributed by atoms with Crippen molar-refractivity contribution in [3.05, 3.63) is 28.7 Å². The van der Waals surface area contributed by atoms with E-state index in [0.29, 0.717) is 26.4 Å². The number of aliphatic hydroxyl groups is 1. The molecule has 0 saturated carbocycles. The fourth-order valence-corrected chi connectivity index (χ4v) is 1.98. The number of aliphatic hydroxyl groups excluding tert-OH is 1. The van der Waals surface area contributed by atoms with Gasteiger partial charge in [-0.1, -0.05) is 35.3 Å². The zero-order valence-electron chi connectivity index (χ0n) is 12.0. The quantitative estimate of drug-likeness (QED) is 0.605. The van der Waals surface area contributed by atoms with Crippen LogP contribution in [-0.4, -0.2) is 44.2 Å². The van der Waals surface area contributed by atoms with Crippen molar-refractivity contribution >= 4 is 21.6 Å². The van der Waals surface area contributed by atoms with Gasteiger partial charge >= 0.3 is 0 Å². The first-order valence-electron chi connectivity index (χ1n) is 7.05. The second-order valence-corrected chi connectivity index (χ2v) is 5.50. The second-order valence-electron chi connectivity index (χ2n) is 4.59. The number of benzene rings is 1. The molecule has 1 unspecified atom stereocenters. The molecule has 5 heteroatoms. The average Bonchev–Trinajstić information content (AvgIpc) is 2.44. The number of rotatable bonds is 11. The van der Waals surface area contributed by atoms with Gasteiger partial charge in [-0.2, -0.15) is 0 Å². The molecule has 1 atom stereocenters. The Kier molecular flexibility index (Phi) is 9.66. The highest BCUT2D eigenvalue weighted by molar-refractivity contribution is 9.10. The summed E-state index contributed by atoms with van der Waals surface area (Å²) in [7, 11) is 0. The number of ether oxygens (including phenoxy) is 2. The van der Waals surface area contributed by atoms with E-state index in [1.807, 2.05) is 24.3 Å². The van der Waals surface area contributed by atoms with Crippen LogP contribution in [0.2, 0.25) is 0 Å². The van der Waals surface area contributed by atoms with Gasteiger partial charge in [-0.05, 0) is 24.6 Å². The van der Waals surface area contributed by atoms with Crippen LogP contribution in [0.15, 0.2) is 28.7 Å². The van der Waals surface area contributed by atoms with Gasteiger partial charge in [0.1, 0.15) is 0 Å². The van der Waals surface area contributed by atoms with E-state index < -0.39 is 6.10 Å². The van der Waals surface area contributed by atoms with Gasteiger partial charge in [-0.15, -0.1) is 0 Å². The van der Waals surface area contributed by atoms with Crippen molar-refractivity contribution < 1.29 is 14.6 Å². The molecule has 114 valence electrons. The summed E-state index contributed by atoms with van der Waals surface area (Å²) in [6.45, 7) is 4.82. The molecule has 20 heavy (non-hydrogen) atoms. The normalized spacial score (nSPS) is 12.3. The van der Waals surface area contributed by atoms with Crippen LogP contribution in [0.25, 0.3) is 0 Å². The predicted octanol–water partition coefficient (Wildman–Crippen LogP) is 3.06. The van der Waals surface area contributed by atoms with Gasteiger partial charge in [-0.3, -0.25) is 0 Å². The van der Waals surface area contributed by atoms with Crippen molar-refractivity contribution in [2.45, 2.75) is 25.9 Å². The SMILES string of the molecule is CCCCOCCOCC(O)CNc1cccc(Br)c1. The Bertz CT molecular complexity index is 363. The second kappa shape index (κ2) is 11.1. The lowest BCUT2D eigenvalue weighted by Crippen LogP contribution is -2.25. The topological polar surface area (TPSA) is 50.7 Å². The third kappa shape index (κ3) is 8.53. The minimum Gasteiger partial charge on any atom is -0.389 e. The van der Waals surface area contributed by atoms with Gasteiger partial charge in [-0.25, -0.2) is 0 Å². The number of hydrogen-bond acceptors (Lipinski definition) is 4. The Morgan fingerprint density at radius 1 is 1.25 bits per heavy atom. The molecule has 0 aromatic heterocycles. The largest absolute Gasteiger partial charge is 0.389 e. The fourth-order valence-electron chi connectivity index (χ4n) is 1.58. The number of unbranched alkanes of at least 4 members (excludes halogenated alkanes) is 1. The molecule has 0 amide bonds. The van der Waals surface area contributed by atoms with Gasteiger partial charge in [0.05, 0.1) is 25.9 Å². The van der Waals surface area contributed by atoms with Gasteiger partial charge in [0, 0.05) is 23.3 Å². The average molecular weight is 346 g/mol. The Balaban J connectivity index is 2.01. The molecule has 0 aliphatic rings. The van der Waals surface area contributed by atoms with Crippen molar-refractivity contribution in [1.29, 1.82) is 0 Å². The van der Waals surface area contributed by atoms with E-state index in [9.17, 15) is 5.11 Å². The number of halogens is 1. The Morgan fingerprint density at radius 2 is 2.05 bits per heavy atom. The molecular formula is C15H24BrNO3. The lowest BCUT2D eigenvalue weighted by molar-refractivity contribution is 0.00749. The van der Waals surface area contributed by atoms with Crippen LogP contribution in [0, 0.1) is 0 Å². The fraction of sp³-hybridized carbons (Fsp3) is 0.600. The molecule has 0 aliphatic carbocycles. The maximum Gasteiger partial charge on any atom is 0.0945 e. The minimum absolute atomic E-state index is 0.318. The number of nitrogens with one attached hydrogen (secondary N) is 1. The highest BCUT2D eigenvalue weighted by Crippen LogP contribution is 2.15. The molecule has 0 bridgehead atoms. The smallest absolute Gasteiger partial charge is 0.0945 e. The van der Waals surface area contributed by atoms with E-state index in [1.54, 1.807) is 0 Å². The van der Waals surface area contributed by atoms with Crippen molar-refractivity contribution in [2.24, 2.45) is 0 Å². The van der Waals surface area contributed by atoms with Crippen LogP contribution in [0.3, 0.4) is 0 Å². The van der Waals surface area contributed by atoms with Crippen molar-refractivity contribution in [3.8, 4) is 0 Å². The Hall–Kier alpha value is -0.620. The molecule has 1 rings (SSSR count). The highest BCUT2D eigenvalue weighted by atomic mass is 79.9. The summed E-state index contributed by atoms with van der Waals surface area (Å²) in [5, 5.41) is 12.9. The van der Waals surface area contributed by atoms with E-state index in [-0.39, 0.29) is 0 Å². The summed E-state index contributed by atoms with van der Waals surface area (Å²) in [5.41, 5.74) is 0.973. The molecule has 0 spiro atoms. The molecule has 4 nitrogen and oxygen atoms in total. The van der Waals surface area contributed by atoms with E-state index in [0.717, 1.165) is 29.6 Å². The molecule has 2 N–H and O–H groups in total. The first kappa shape index (κ1) is 17.4. The molecule has 0 heterocycles. The molecule has 0 aliphatic heterocycles. The number of anilines is 1. The van der Waals surface area contributed by atoms with Crippen molar-refractivity contribution in [2.75, 3.05) is 38.3 Å². The van der Waals surface area contributed by atoms with Crippen molar-refractivity contribution in [3.63, 3.8) is 0 Å². The van der Waals surface area contributed by atoms with Crippen LogP contribution in [0.5, 0.6) is 0 Å². The summed E-state index contributed by atoms with van der Waals surface area (Å²) < 4.78 is 11.7. The predicted molar refractivity (Wildman–Crippen MR) is 85.2 cm³/mol. The van der Waals surface area contributed by atoms with E-state index in [4.69, 9.17) is 9.47 Å². The maximum atomic E-state index is 9.78. The molecule has 1 aromatic carbocycles. The lowest BCUT2D eigenvalue weighted by atomic mass is 10.3. The summed E-state index contributed by atoms with van der Waals surface area (Å²) in [5.74, 6) is 0. The summed E-state index contributed by atoms with van der Waals surface area (Å²) in [6, 6.07) is 7.83. The van der Waals surface area contributed by atoms with Crippen LogP contribution < -0.4 is 5.32 Å². The van der Waals surface area contributed by atoms with Crippen molar-refractivity contribution in [1.82, 2.24) is 0 Å². The van der Waals surface area contributed by atoms with E-state index >= 15 is 0 Å². The third-order valence-corrected chi connectivity index (χ3v) is 3.18. The van der Waals surface area contributed by atoms with Gasteiger partial charge in [0.15, 0.2) is 0 Å². The first-order chi connectivity index (χ1) is 9.72. The molecule has 1 aromatic rings. The Morgan fingerprint density at radius 3 is 2.80 bits per heavy atom. The summed E-state index contributed by atoms with van der Waals surface area (Å²) in [6.07, 6.45) is 1.70. The van der Waals surface area contributed by atoms with E-state index in [1.165, 1.54) is 0 Å². The standard InChI is InChI=1S/C15H24BrNO3/c1-2-3-7-19-8-9-20-12-15(18)11-17-14-6-4-5-13(16)10-14/h4-6,10,15,17-18H,2-3,7-9,11-12H2,1H3. The zero-order valence-corrected chi connectivity index (χ0v) is 13.6. The lowest BCUT2D eigenvalue weighted by Gasteiger charge is -2.13. The summed E-state index contributed by atoms with van der Waals surface area (Å²) in [4.78, 5) is 0. The van der Waals surface area contributed by atoms with E-state index in [2.05, 4.69) is 28.2 Å². The van der Waals surface area contributed by atoms with Crippen LogP contribution in [-0.2, 0) is 9.47 Å². The maximum absolute atomic E-state index is 9.78. The third-order valence-electron chi connectivity index (χ3n) is 2.69. The minimum atomic E-state index is -0.523. The molecule has 0 saturated heterocycles. The van der Waals surface area contributed by atoms with Crippen LogP contribution in [0.4, 0.5) is 5.69 Å². The van der Waals surface area contributed by atoms with Crippen LogP contribution >= 0.6 is 15.9 Å². The molecular weight excluding hydrogens is 322 g/mol. The van der Waals surface area contributed by atoms with Crippen LogP contribution in [0.1, 0.15) is 19.8 Å². The monoisotopic (exact) mass is 345 g/mol. The van der Waals surface area contributed by atoms with Gasteiger partial charge in [0.2, 0.25) is 0 Å². The van der Waals surface area contributed by atoms with Gasteiger partial charge < -0.3 is 19.9 Å². The van der Waals surface area contributed by atoms with Gasteiger partial charge in [0.25, 0.3) is 0 Å². The summed E-state index contributed by atoms with van der Waals surface area (Å²) >= 11 is 3.41. The first-order valence-corrected chi connectivity index (χ1v) is 7.84. The number of hydrogen-bond donors (Lipinski definition) is 2. The zero-order chi connectivity index (χ0) is 14.6. The molecule has 0 fully saturated rings. The molecule has 0 radical (unpaired) electrons. The Labute approximate surface area is 129 Å².